The smallest absolute Gasteiger partial charge is 0.333 e. The Morgan fingerprint density at radius 2 is 1.50 bits per heavy atom. The number of Topliss-reactive ketones (excluding diaryl/α,β-unsaturated/α-hetero) is 1. The first kappa shape index (κ1) is 22.2. The number of imide groups is 1. The van der Waals surface area contributed by atoms with E-state index < -0.39 is 17.8 Å². The molecule has 0 aromatic heterocycles. The van der Waals surface area contributed by atoms with Crippen molar-refractivity contribution in [2.24, 2.45) is 5.92 Å². The van der Waals surface area contributed by atoms with Crippen LogP contribution in [0.5, 0.6) is 0 Å². The molecule has 0 bridgehead atoms. The Hall–Kier alpha value is -1.80. The number of ketones is 1. The summed E-state index contributed by atoms with van der Waals surface area (Å²) in [5.74, 6) is -1.36. The van der Waals surface area contributed by atoms with Crippen molar-refractivity contribution in [2.75, 3.05) is 13.2 Å². The lowest BCUT2D eigenvalue weighted by Crippen LogP contribution is -2.32. The van der Waals surface area contributed by atoms with Crippen LogP contribution < -0.4 is 0 Å². The molecule has 1 unspecified atom stereocenters. The second-order valence-electron chi connectivity index (χ2n) is 6.57. The predicted molar refractivity (Wildman–Crippen MR) is 91.4 cm³/mol. The first-order valence-corrected chi connectivity index (χ1v) is 9.28. The predicted octanol–water partition coefficient (Wildman–Crippen LogP) is 1.27. The van der Waals surface area contributed by atoms with Crippen molar-refractivity contribution in [1.29, 1.82) is 0 Å². The van der Waals surface area contributed by atoms with Crippen molar-refractivity contribution in [2.45, 2.75) is 70.6 Å². The highest BCUT2D eigenvalue weighted by Crippen LogP contribution is 2.19. The lowest BCUT2D eigenvalue weighted by molar-refractivity contribution is -0.197. The number of aliphatic hydroxyl groups excluding tert-OH is 2. The molecule has 0 aliphatic carbocycles. The van der Waals surface area contributed by atoms with Gasteiger partial charge < -0.3 is 15.1 Å². The van der Waals surface area contributed by atoms with Crippen molar-refractivity contribution in [3.8, 4) is 0 Å². The number of rotatable bonds is 14. The SMILES string of the molecule is O=C(CCCC(=O)ON1C(=O)CCC1=O)CCCC(CCO)CCCO. The Labute approximate surface area is 153 Å². The summed E-state index contributed by atoms with van der Waals surface area (Å²) in [7, 11) is 0. The highest BCUT2D eigenvalue weighted by atomic mass is 16.7. The fraction of sp³-hybridized carbons (Fsp3) is 0.778. The number of nitrogens with zero attached hydrogens (tertiary/aromatic N) is 1. The van der Waals surface area contributed by atoms with E-state index in [0.717, 1.165) is 19.3 Å². The summed E-state index contributed by atoms with van der Waals surface area (Å²) in [6.45, 7) is 0.236. The zero-order valence-corrected chi connectivity index (χ0v) is 15.2. The molecule has 0 aromatic rings. The van der Waals surface area contributed by atoms with Crippen molar-refractivity contribution in [3.63, 3.8) is 0 Å². The maximum absolute atomic E-state index is 11.9. The molecular formula is C18H29NO7. The maximum Gasteiger partial charge on any atom is 0.333 e. The average Bonchev–Trinajstić information content (AvgIpc) is 2.91. The summed E-state index contributed by atoms with van der Waals surface area (Å²) in [5.41, 5.74) is 0. The first-order chi connectivity index (χ1) is 12.5. The number of carbonyl (C=O) groups excluding carboxylic acids is 4. The number of hydroxylamine groups is 2. The maximum atomic E-state index is 11.9. The molecule has 2 N–H and O–H groups in total. The molecule has 1 atom stereocenters. The van der Waals surface area contributed by atoms with Crippen LogP contribution in [0.4, 0.5) is 0 Å². The minimum atomic E-state index is -0.687. The van der Waals surface area contributed by atoms with Crippen LogP contribution in [-0.4, -0.2) is 52.1 Å². The third-order valence-electron chi connectivity index (χ3n) is 4.41. The highest BCUT2D eigenvalue weighted by molar-refractivity contribution is 6.01. The molecule has 1 aliphatic rings. The lowest BCUT2D eigenvalue weighted by atomic mass is 9.93. The third kappa shape index (κ3) is 8.53. The molecule has 26 heavy (non-hydrogen) atoms. The summed E-state index contributed by atoms with van der Waals surface area (Å²) in [4.78, 5) is 50.9. The van der Waals surface area contributed by atoms with E-state index in [4.69, 9.17) is 15.1 Å². The molecule has 1 saturated heterocycles. The van der Waals surface area contributed by atoms with Crippen LogP contribution in [0.2, 0.25) is 0 Å². The van der Waals surface area contributed by atoms with Crippen molar-refractivity contribution < 1.29 is 34.2 Å². The number of hydrogen-bond donors (Lipinski definition) is 2. The molecule has 0 spiro atoms. The van der Waals surface area contributed by atoms with Crippen molar-refractivity contribution in [1.82, 2.24) is 5.06 Å². The van der Waals surface area contributed by atoms with E-state index in [1.54, 1.807) is 0 Å². The Bertz CT molecular complexity index is 476. The van der Waals surface area contributed by atoms with Crippen LogP contribution in [0.15, 0.2) is 0 Å². The second-order valence-corrected chi connectivity index (χ2v) is 6.57. The van der Waals surface area contributed by atoms with Gasteiger partial charge in [0.2, 0.25) is 0 Å². The lowest BCUT2D eigenvalue weighted by Gasteiger charge is -2.14. The summed E-state index contributed by atoms with van der Waals surface area (Å²) in [5, 5.41) is 18.4. The quantitative estimate of drug-likeness (QED) is 0.441. The summed E-state index contributed by atoms with van der Waals surface area (Å²) < 4.78 is 0. The van der Waals surface area contributed by atoms with E-state index in [-0.39, 0.29) is 44.7 Å². The van der Waals surface area contributed by atoms with Gasteiger partial charge in [0.15, 0.2) is 0 Å². The molecule has 1 rings (SSSR count). The van der Waals surface area contributed by atoms with E-state index in [2.05, 4.69) is 0 Å². The fourth-order valence-electron chi connectivity index (χ4n) is 2.94. The average molecular weight is 371 g/mol. The molecular weight excluding hydrogens is 342 g/mol. The number of amides is 2. The van der Waals surface area contributed by atoms with Crippen molar-refractivity contribution >= 4 is 23.6 Å². The van der Waals surface area contributed by atoms with Gasteiger partial charge in [-0.2, -0.15) is 0 Å². The van der Waals surface area contributed by atoms with Gasteiger partial charge in [-0.1, -0.05) is 0 Å². The Kier molecular flexibility index (Phi) is 10.7. The van der Waals surface area contributed by atoms with Crippen LogP contribution in [0.25, 0.3) is 0 Å². The minimum Gasteiger partial charge on any atom is -0.396 e. The third-order valence-corrected chi connectivity index (χ3v) is 4.41. The molecule has 0 aromatic carbocycles. The summed E-state index contributed by atoms with van der Waals surface area (Å²) in [6.07, 6.45) is 4.83. The van der Waals surface area contributed by atoms with E-state index in [1.165, 1.54) is 0 Å². The van der Waals surface area contributed by atoms with Gasteiger partial charge in [0, 0.05) is 45.3 Å². The number of hydrogen-bond acceptors (Lipinski definition) is 7. The number of carbonyl (C=O) groups is 4. The van der Waals surface area contributed by atoms with E-state index in [9.17, 15) is 19.2 Å². The zero-order chi connectivity index (χ0) is 19.4. The van der Waals surface area contributed by atoms with Gasteiger partial charge in [0.1, 0.15) is 5.78 Å². The van der Waals surface area contributed by atoms with Gasteiger partial charge in [0.05, 0.1) is 0 Å². The van der Waals surface area contributed by atoms with Crippen LogP contribution in [0.3, 0.4) is 0 Å². The molecule has 0 radical (unpaired) electrons. The molecule has 8 nitrogen and oxygen atoms in total. The standard InChI is InChI=1S/C18H29NO7/c20-12-3-5-14(11-13-21)4-1-6-15(22)7-2-8-18(25)26-19-16(23)9-10-17(19)24/h14,20-21H,1-13H2. The summed E-state index contributed by atoms with van der Waals surface area (Å²) in [6, 6.07) is 0. The topological polar surface area (TPSA) is 121 Å². The minimum absolute atomic E-state index is 0.0214. The van der Waals surface area contributed by atoms with Gasteiger partial charge in [-0.15, -0.1) is 5.06 Å². The highest BCUT2D eigenvalue weighted by Gasteiger charge is 2.32. The van der Waals surface area contributed by atoms with Gasteiger partial charge in [-0.25, -0.2) is 4.79 Å². The van der Waals surface area contributed by atoms with Gasteiger partial charge in [-0.05, 0) is 44.4 Å². The second kappa shape index (κ2) is 12.5. The van der Waals surface area contributed by atoms with Gasteiger partial charge in [-0.3, -0.25) is 14.4 Å². The molecule has 1 aliphatic heterocycles. The molecule has 2 amide bonds. The molecule has 148 valence electrons. The van der Waals surface area contributed by atoms with Gasteiger partial charge >= 0.3 is 5.97 Å². The fourth-order valence-corrected chi connectivity index (χ4v) is 2.94. The number of aliphatic hydroxyl groups is 2. The van der Waals surface area contributed by atoms with Crippen LogP contribution >= 0.6 is 0 Å². The van der Waals surface area contributed by atoms with Gasteiger partial charge in [0.25, 0.3) is 11.8 Å². The largest absolute Gasteiger partial charge is 0.396 e. The molecule has 0 saturated carbocycles. The van der Waals surface area contributed by atoms with Crippen LogP contribution in [0.1, 0.15) is 70.6 Å². The first-order valence-electron chi connectivity index (χ1n) is 9.28. The molecule has 1 fully saturated rings. The Morgan fingerprint density at radius 3 is 2.12 bits per heavy atom. The Morgan fingerprint density at radius 1 is 0.885 bits per heavy atom. The van der Waals surface area contributed by atoms with E-state index >= 15 is 0 Å². The normalized spacial score (nSPS) is 15.4. The molecule has 8 heteroatoms. The molecule has 1 heterocycles. The monoisotopic (exact) mass is 371 g/mol. The van der Waals surface area contributed by atoms with E-state index in [1.807, 2.05) is 0 Å². The van der Waals surface area contributed by atoms with Crippen LogP contribution in [0, 0.1) is 5.92 Å². The Balaban J connectivity index is 2.14. The van der Waals surface area contributed by atoms with Crippen LogP contribution in [-0.2, 0) is 24.0 Å². The zero-order valence-electron chi connectivity index (χ0n) is 15.2. The summed E-state index contributed by atoms with van der Waals surface area (Å²) >= 11 is 0. The van der Waals surface area contributed by atoms with Crippen molar-refractivity contribution in [3.05, 3.63) is 0 Å². The van der Waals surface area contributed by atoms with E-state index in [0.29, 0.717) is 36.7 Å².